The van der Waals surface area contributed by atoms with Gasteiger partial charge in [-0.3, -0.25) is 9.69 Å². The Morgan fingerprint density at radius 1 is 1.45 bits per heavy atom. The fourth-order valence-corrected chi connectivity index (χ4v) is 2.90. The van der Waals surface area contributed by atoms with E-state index >= 15 is 0 Å². The maximum Gasteiger partial charge on any atom is 0.238 e. The Labute approximate surface area is 128 Å². The third kappa shape index (κ3) is 4.30. The number of hydrogen-bond donors (Lipinski definition) is 2. The van der Waals surface area contributed by atoms with E-state index in [-0.39, 0.29) is 11.9 Å². The molecule has 2 unspecified atom stereocenters. The molecule has 2 rings (SSSR count). The summed E-state index contributed by atoms with van der Waals surface area (Å²) < 4.78 is 1.01. The molecule has 0 radical (unpaired) electrons. The first-order chi connectivity index (χ1) is 9.58. The first-order valence-corrected chi connectivity index (χ1v) is 7.91. The highest BCUT2D eigenvalue weighted by Gasteiger charge is 2.26. The molecule has 4 nitrogen and oxygen atoms in total. The number of likely N-dealkylation sites (tertiary alicyclic amines) is 1. The van der Waals surface area contributed by atoms with Crippen LogP contribution in [0.5, 0.6) is 0 Å². The van der Waals surface area contributed by atoms with Crippen molar-refractivity contribution in [2.75, 3.05) is 25.0 Å². The number of carbonyl (C=O) groups excluding carboxylic acids is 1. The van der Waals surface area contributed by atoms with E-state index in [1.807, 2.05) is 24.3 Å². The van der Waals surface area contributed by atoms with E-state index in [4.69, 9.17) is 5.73 Å². The highest BCUT2D eigenvalue weighted by atomic mass is 79.9. The number of carbonyl (C=O) groups is 1. The van der Waals surface area contributed by atoms with Gasteiger partial charge in [-0.25, -0.2) is 0 Å². The molecule has 110 valence electrons. The highest BCUT2D eigenvalue weighted by Crippen LogP contribution is 2.18. The molecule has 1 aliphatic rings. The Morgan fingerprint density at radius 3 is 2.80 bits per heavy atom. The molecule has 1 aliphatic heterocycles. The molecule has 3 N–H and O–H groups in total. The lowest BCUT2D eigenvalue weighted by molar-refractivity contribution is -0.117. The van der Waals surface area contributed by atoms with Crippen LogP contribution in [0, 0.1) is 5.92 Å². The lowest BCUT2D eigenvalue weighted by Gasteiger charge is -2.36. The standard InChI is InChI=1S/C15H22BrN3O/c1-2-11-9-19(8-7-14(11)17)10-15(20)18-13-5-3-12(16)4-6-13/h3-6,11,14H,2,7-10,17H2,1H3,(H,18,20). The summed E-state index contributed by atoms with van der Waals surface area (Å²) >= 11 is 3.38. The van der Waals surface area contributed by atoms with Gasteiger partial charge < -0.3 is 11.1 Å². The number of halogens is 1. The monoisotopic (exact) mass is 339 g/mol. The van der Waals surface area contributed by atoms with Gasteiger partial charge in [0.1, 0.15) is 0 Å². The number of nitrogens with zero attached hydrogens (tertiary/aromatic N) is 1. The predicted octanol–water partition coefficient (Wildman–Crippen LogP) is 2.45. The van der Waals surface area contributed by atoms with Crippen LogP contribution in [0.2, 0.25) is 0 Å². The van der Waals surface area contributed by atoms with Gasteiger partial charge in [0.05, 0.1) is 6.54 Å². The van der Waals surface area contributed by atoms with E-state index in [2.05, 4.69) is 33.1 Å². The average molecular weight is 340 g/mol. The van der Waals surface area contributed by atoms with Crippen molar-refractivity contribution in [1.29, 1.82) is 0 Å². The van der Waals surface area contributed by atoms with Gasteiger partial charge in [0.25, 0.3) is 0 Å². The molecule has 1 heterocycles. The van der Waals surface area contributed by atoms with E-state index in [1.165, 1.54) is 0 Å². The van der Waals surface area contributed by atoms with Crippen molar-refractivity contribution >= 4 is 27.5 Å². The summed E-state index contributed by atoms with van der Waals surface area (Å²) in [5, 5.41) is 2.93. The summed E-state index contributed by atoms with van der Waals surface area (Å²) in [4.78, 5) is 14.2. The molecule has 0 spiro atoms. The summed E-state index contributed by atoms with van der Waals surface area (Å²) in [7, 11) is 0. The fraction of sp³-hybridized carbons (Fsp3) is 0.533. The van der Waals surface area contributed by atoms with Gasteiger partial charge in [-0.1, -0.05) is 29.3 Å². The lowest BCUT2D eigenvalue weighted by Crippen LogP contribution is -2.48. The van der Waals surface area contributed by atoms with Gasteiger partial charge in [-0.2, -0.15) is 0 Å². The first kappa shape index (κ1) is 15.5. The van der Waals surface area contributed by atoms with Crippen LogP contribution in [0.1, 0.15) is 19.8 Å². The molecular weight excluding hydrogens is 318 g/mol. The Kier molecular flexibility index (Phi) is 5.57. The molecule has 0 bridgehead atoms. The summed E-state index contributed by atoms with van der Waals surface area (Å²) in [5.74, 6) is 0.543. The second-order valence-corrected chi connectivity index (χ2v) is 6.33. The van der Waals surface area contributed by atoms with E-state index < -0.39 is 0 Å². The Balaban J connectivity index is 1.84. The topological polar surface area (TPSA) is 58.4 Å². The predicted molar refractivity (Wildman–Crippen MR) is 85.6 cm³/mol. The molecule has 2 atom stereocenters. The van der Waals surface area contributed by atoms with Crippen LogP contribution in [-0.2, 0) is 4.79 Å². The van der Waals surface area contributed by atoms with Crippen LogP contribution < -0.4 is 11.1 Å². The van der Waals surface area contributed by atoms with Crippen LogP contribution >= 0.6 is 15.9 Å². The van der Waals surface area contributed by atoms with Crippen molar-refractivity contribution in [3.05, 3.63) is 28.7 Å². The van der Waals surface area contributed by atoms with Crippen LogP contribution in [0.25, 0.3) is 0 Å². The van der Waals surface area contributed by atoms with E-state index in [0.717, 1.165) is 36.1 Å². The van der Waals surface area contributed by atoms with Crippen molar-refractivity contribution < 1.29 is 4.79 Å². The number of piperidine rings is 1. The highest BCUT2D eigenvalue weighted by molar-refractivity contribution is 9.10. The van der Waals surface area contributed by atoms with Gasteiger partial charge in [0.15, 0.2) is 0 Å². The minimum Gasteiger partial charge on any atom is -0.327 e. The Hall–Kier alpha value is -0.910. The zero-order valence-corrected chi connectivity index (χ0v) is 13.4. The Morgan fingerprint density at radius 2 is 2.15 bits per heavy atom. The van der Waals surface area contributed by atoms with Crippen molar-refractivity contribution in [2.45, 2.75) is 25.8 Å². The summed E-state index contributed by atoms with van der Waals surface area (Å²) in [6.07, 6.45) is 2.05. The van der Waals surface area contributed by atoms with Crippen molar-refractivity contribution in [2.24, 2.45) is 11.7 Å². The zero-order chi connectivity index (χ0) is 14.5. The number of rotatable bonds is 4. The van der Waals surface area contributed by atoms with Crippen LogP contribution in [0.3, 0.4) is 0 Å². The lowest BCUT2D eigenvalue weighted by atomic mass is 9.91. The van der Waals surface area contributed by atoms with Crippen LogP contribution in [-0.4, -0.2) is 36.5 Å². The van der Waals surface area contributed by atoms with Crippen molar-refractivity contribution in [3.8, 4) is 0 Å². The number of anilines is 1. The number of nitrogens with one attached hydrogen (secondary N) is 1. The number of amides is 1. The van der Waals surface area contributed by atoms with E-state index in [1.54, 1.807) is 0 Å². The van der Waals surface area contributed by atoms with Crippen LogP contribution in [0.4, 0.5) is 5.69 Å². The summed E-state index contributed by atoms with van der Waals surface area (Å²) in [6, 6.07) is 7.91. The second-order valence-electron chi connectivity index (χ2n) is 5.41. The zero-order valence-electron chi connectivity index (χ0n) is 11.8. The smallest absolute Gasteiger partial charge is 0.238 e. The average Bonchev–Trinajstić information content (AvgIpc) is 2.43. The maximum atomic E-state index is 12.0. The molecule has 0 aliphatic carbocycles. The van der Waals surface area contributed by atoms with Crippen molar-refractivity contribution in [3.63, 3.8) is 0 Å². The van der Waals surface area contributed by atoms with E-state index in [0.29, 0.717) is 12.5 Å². The number of benzene rings is 1. The normalized spacial score (nSPS) is 23.6. The molecule has 5 heteroatoms. The number of hydrogen-bond acceptors (Lipinski definition) is 3. The first-order valence-electron chi connectivity index (χ1n) is 7.12. The van der Waals surface area contributed by atoms with Gasteiger partial charge in [-0.05, 0) is 36.6 Å². The molecule has 1 fully saturated rings. The minimum atomic E-state index is 0.0395. The summed E-state index contributed by atoms with van der Waals surface area (Å²) in [5.41, 5.74) is 6.92. The van der Waals surface area contributed by atoms with E-state index in [9.17, 15) is 4.79 Å². The molecule has 0 saturated carbocycles. The Bertz CT molecular complexity index is 449. The third-order valence-corrected chi connectivity index (χ3v) is 4.43. The molecule has 1 saturated heterocycles. The molecule has 20 heavy (non-hydrogen) atoms. The summed E-state index contributed by atoms with van der Waals surface area (Å²) in [6.45, 7) is 4.44. The van der Waals surface area contributed by atoms with Gasteiger partial charge in [-0.15, -0.1) is 0 Å². The van der Waals surface area contributed by atoms with Gasteiger partial charge in [0.2, 0.25) is 5.91 Å². The van der Waals surface area contributed by atoms with Gasteiger partial charge >= 0.3 is 0 Å². The minimum absolute atomic E-state index is 0.0395. The molecule has 1 amide bonds. The van der Waals surface area contributed by atoms with Gasteiger partial charge in [0, 0.05) is 29.3 Å². The SMILES string of the molecule is CCC1CN(CC(=O)Nc2ccc(Br)cc2)CCC1N. The molecular formula is C15H22BrN3O. The fourth-order valence-electron chi connectivity index (χ4n) is 2.64. The largest absolute Gasteiger partial charge is 0.327 e. The molecule has 1 aromatic rings. The van der Waals surface area contributed by atoms with Crippen molar-refractivity contribution in [1.82, 2.24) is 4.90 Å². The maximum absolute atomic E-state index is 12.0. The third-order valence-electron chi connectivity index (χ3n) is 3.90. The molecule has 0 aromatic heterocycles. The van der Waals surface area contributed by atoms with Crippen LogP contribution in [0.15, 0.2) is 28.7 Å². The molecule has 1 aromatic carbocycles. The number of nitrogens with two attached hydrogens (primary N) is 1. The quantitative estimate of drug-likeness (QED) is 0.885. The second kappa shape index (κ2) is 7.20.